The van der Waals surface area contributed by atoms with Crippen molar-refractivity contribution >= 4 is 50.4 Å². The average molecular weight is 326 g/mol. The Morgan fingerprint density at radius 2 is 2.06 bits per heavy atom. The summed E-state index contributed by atoms with van der Waals surface area (Å²) in [5, 5.41) is 4.05. The number of aryl methyl sites for hydroxylation is 2. The van der Waals surface area contributed by atoms with Gasteiger partial charge < -0.3 is 0 Å². The number of anilines is 1. The predicted molar refractivity (Wildman–Crippen MR) is 73.1 cm³/mol. The molecule has 0 aliphatic heterocycles. The molecule has 0 fully saturated rings. The maximum absolute atomic E-state index is 12.1. The maximum atomic E-state index is 12.1. The minimum Gasteiger partial charge on any atom is -0.263 e. The van der Waals surface area contributed by atoms with Gasteiger partial charge in [0.1, 0.15) is 15.0 Å². The summed E-state index contributed by atoms with van der Waals surface area (Å²) in [6.07, 6.45) is 0. The quantitative estimate of drug-likeness (QED) is 0.943. The summed E-state index contributed by atoms with van der Waals surface area (Å²) in [4.78, 5) is -0.0296. The van der Waals surface area contributed by atoms with Gasteiger partial charge in [-0.3, -0.25) is 9.40 Å². The molecule has 2 aromatic heterocycles. The molecule has 1 N–H and O–H groups in total. The molecule has 18 heavy (non-hydrogen) atoms. The number of halogens is 2. The minimum atomic E-state index is -3.75. The van der Waals surface area contributed by atoms with Gasteiger partial charge in [0.15, 0.2) is 0 Å². The Morgan fingerprint density at radius 3 is 2.50 bits per heavy atom. The van der Waals surface area contributed by atoms with E-state index in [9.17, 15) is 8.42 Å². The van der Waals surface area contributed by atoms with Crippen molar-refractivity contribution in [3.05, 3.63) is 26.5 Å². The van der Waals surface area contributed by atoms with Crippen LogP contribution in [0.25, 0.3) is 0 Å². The molecule has 0 spiro atoms. The standard InChI is InChI=1S/C9H9Cl2N3O2S2/c1-5-3-8(14(2)12-5)13-18(15,16)6-4-7(10)17-9(6)11/h3-4,13H,1-2H3. The number of hydrogen-bond acceptors (Lipinski definition) is 4. The van der Waals surface area contributed by atoms with Gasteiger partial charge in [-0.05, 0) is 13.0 Å². The monoisotopic (exact) mass is 325 g/mol. The summed E-state index contributed by atoms with van der Waals surface area (Å²) in [5.74, 6) is 0.367. The van der Waals surface area contributed by atoms with Crippen LogP contribution in [0, 0.1) is 6.92 Å². The zero-order chi connectivity index (χ0) is 13.5. The maximum Gasteiger partial charge on any atom is 0.265 e. The van der Waals surface area contributed by atoms with Crippen molar-refractivity contribution in [1.29, 1.82) is 0 Å². The van der Waals surface area contributed by atoms with Gasteiger partial charge in [-0.25, -0.2) is 8.42 Å². The fourth-order valence-electron chi connectivity index (χ4n) is 1.41. The van der Waals surface area contributed by atoms with Crippen LogP contribution in [0.4, 0.5) is 5.82 Å². The molecule has 0 radical (unpaired) electrons. The predicted octanol–water partition coefficient (Wildman–Crippen LogP) is 2.90. The SMILES string of the molecule is Cc1cc(NS(=O)(=O)c2cc(Cl)sc2Cl)n(C)n1. The Hall–Kier alpha value is -0.760. The first-order chi connectivity index (χ1) is 8.29. The van der Waals surface area contributed by atoms with E-state index in [1.807, 2.05) is 0 Å². The highest BCUT2D eigenvalue weighted by Crippen LogP contribution is 2.35. The molecule has 2 rings (SSSR count). The van der Waals surface area contributed by atoms with Gasteiger partial charge in [-0.1, -0.05) is 23.2 Å². The summed E-state index contributed by atoms with van der Waals surface area (Å²) in [6, 6.07) is 2.94. The second kappa shape index (κ2) is 4.73. The van der Waals surface area contributed by atoms with Gasteiger partial charge in [0.2, 0.25) is 0 Å². The summed E-state index contributed by atoms with van der Waals surface area (Å²) >= 11 is 12.6. The molecule has 9 heteroatoms. The Labute approximate surface area is 118 Å². The summed E-state index contributed by atoms with van der Waals surface area (Å²) in [6.45, 7) is 1.77. The van der Waals surface area contributed by atoms with Crippen LogP contribution in [0.1, 0.15) is 5.69 Å². The van der Waals surface area contributed by atoms with Crippen molar-refractivity contribution < 1.29 is 8.42 Å². The van der Waals surface area contributed by atoms with E-state index in [0.717, 1.165) is 11.3 Å². The van der Waals surface area contributed by atoms with Crippen molar-refractivity contribution in [1.82, 2.24) is 9.78 Å². The molecule has 5 nitrogen and oxygen atoms in total. The third-order valence-corrected chi connectivity index (χ3v) is 5.26. The first kappa shape index (κ1) is 13.7. The molecule has 0 amide bonds. The molecule has 0 saturated heterocycles. The van der Waals surface area contributed by atoms with Crippen molar-refractivity contribution in [3.63, 3.8) is 0 Å². The number of hydrogen-bond donors (Lipinski definition) is 1. The molecule has 2 heterocycles. The summed E-state index contributed by atoms with van der Waals surface area (Å²) in [5.41, 5.74) is 0.713. The van der Waals surface area contributed by atoms with E-state index in [4.69, 9.17) is 23.2 Å². The molecular formula is C9H9Cl2N3O2S2. The van der Waals surface area contributed by atoms with Crippen LogP contribution in [0.5, 0.6) is 0 Å². The second-order valence-corrected chi connectivity index (χ2v) is 7.52. The van der Waals surface area contributed by atoms with Crippen LogP contribution < -0.4 is 4.72 Å². The van der Waals surface area contributed by atoms with E-state index in [2.05, 4.69) is 9.82 Å². The fourth-order valence-corrected chi connectivity index (χ4v) is 4.64. The molecule has 0 aliphatic rings. The van der Waals surface area contributed by atoms with Crippen molar-refractivity contribution in [3.8, 4) is 0 Å². The van der Waals surface area contributed by atoms with Crippen LogP contribution >= 0.6 is 34.5 Å². The van der Waals surface area contributed by atoms with E-state index < -0.39 is 10.0 Å². The molecule has 0 bridgehead atoms. The van der Waals surface area contributed by atoms with Crippen LogP contribution in [-0.4, -0.2) is 18.2 Å². The number of aromatic nitrogens is 2. The molecule has 98 valence electrons. The van der Waals surface area contributed by atoms with Gasteiger partial charge in [-0.15, -0.1) is 11.3 Å². The van der Waals surface area contributed by atoms with Crippen LogP contribution in [0.15, 0.2) is 17.0 Å². The molecule has 0 unspecified atom stereocenters. The highest BCUT2D eigenvalue weighted by atomic mass is 35.5. The molecule has 0 aliphatic carbocycles. The van der Waals surface area contributed by atoms with Crippen molar-refractivity contribution in [2.45, 2.75) is 11.8 Å². The van der Waals surface area contributed by atoms with Gasteiger partial charge >= 0.3 is 0 Å². The summed E-state index contributed by atoms with van der Waals surface area (Å²) < 4.78 is 28.5. The lowest BCUT2D eigenvalue weighted by molar-refractivity contribution is 0.600. The largest absolute Gasteiger partial charge is 0.265 e. The lowest BCUT2D eigenvalue weighted by Gasteiger charge is -2.06. The van der Waals surface area contributed by atoms with E-state index in [1.54, 1.807) is 20.0 Å². The fraction of sp³-hybridized carbons (Fsp3) is 0.222. The number of nitrogens with one attached hydrogen (secondary N) is 1. The first-order valence-corrected chi connectivity index (χ1v) is 7.83. The molecular weight excluding hydrogens is 317 g/mol. The van der Waals surface area contributed by atoms with Gasteiger partial charge in [0, 0.05) is 13.1 Å². The highest BCUT2D eigenvalue weighted by Gasteiger charge is 2.22. The Kier molecular flexibility index (Phi) is 3.59. The lowest BCUT2D eigenvalue weighted by atomic mass is 10.5. The number of thiophene rings is 1. The third-order valence-electron chi connectivity index (χ3n) is 2.16. The Morgan fingerprint density at radius 1 is 1.39 bits per heavy atom. The Balaban J connectivity index is 2.39. The van der Waals surface area contributed by atoms with Crippen molar-refractivity contribution in [2.75, 3.05) is 4.72 Å². The minimum absolute atomic E-state index is 0.0296. The summed E-state index contributed by atoms with van der Waals surface area (Å²) in [7, 11) is -2.10. The van der Waals surface area contributed by atoms with Gasteiger partial charge in [0.05, 0.1) is 10.0 Å². The molecule has 2 aromatic rings. The smallest absolute Gasteiger partial charge is 0.263 e. The first-order valence-electron chi connectivity index (χ1n) is 4.78. The van der Waals surface area contributed by atoms with E-state index >= 15 is 0 Å². The van der Waals surface area contributed by atoms with Crippen molar-refractivity contribution in [2.24, 2.45) is 7.05 Å². The zero-order valence-corrected chi connectivity index (χ0v) is 12.6. The van der Waals surface area contributed by atoms with Gasteiger partial charge in [0.25, 0.3) is 10.0 Å². The normalized spacial score (nSPS) is 11.8. The highest BCUT2D eigenvalue weighted by molar-refractivity contribution is 7.93. The lowest BCUT2D eigenvalue weighted by Crippen LogP contribution is -2.15. The number of sulfonamides is 1. The number of rotatable bonds is 3. The second-order valence-electron chi connectivity index (χ2n) is 3.59. The molecule has 0 saturated carbocycles. The average Bonchev–Trinajstić information content (AvgIpc) is 2.70. The Bertz CT molecular complexity index is 691. The van der Waals surface area contributed by atoms with E-state index in [0.29, 0.717) is 15.8 Å². The van der Waals surface area contributed by atoms with Crippen LogP contribution in [-0.2, 0) is 17.1 Å². The molecule has 0 aromatic carbocycles. The topological polar surface area (TPSA) is 64.0 Å². The van der Waals surface area contributed by atoms with E-state index in [1.165, 1.54) is 10.7 Å². The van der Waals surface area contributed by atoms with Crippen LogP contribution in [0.2, 0.25) is 8.67 Å². The van der Waals surface area contributed by atoms with Gasteiger partial charge in [-0.2, -0.15) is 5.10 Å². The zero-order valence-electron chi connectivity index (χ0n) is 9.44. The number of nitrogens with zero attached hydrogens (tertiary/aromatic N) is 2. The third kappa shape index (κ3) is 2.64. The molecule has 0 atom stereocenters. The van der Waals surface area contributed by atoms with Crippen LogP contribution in [0.3, 0.4) is 0 Å². The van der Waals surface area contributed by atoms with E-state index in [-0.39, 0.29) is 9.23 Å².